The van der Waals surface area contributed by atoms with Crippen molar-refractivity contribution in [1.82, 2.24) is 9.80 Å². The summed E-state index contributed by atoms with van der Waals surface area (Å²) in [4.78, 5) is 42.1. The van der Waals surface area contributed by atoms with Gasteiger partial charge in [-0.15, -0.1) is 0 Å². The molecule has 198 valence electrons. The maximum Gasteiger partial charge on any atom is 0.416 e. The van der Waals surface area contributed by atoms with Gasteiger partial charge in [0.1, 0.15) is 12.1 Å². The fourth-order valence-electron chi connectivity index (χ4n) is 4.85. The molecule has 2 fully saturated rings. The van der Waals surface area contributed by atoms with Gasteiger partial charge >= 0.3 is 12.4 Å². The van der Waals surface area contributed by atoms with Crippen LogP contribution < -0.4 is 10.6 Å². The molecule has 1 spiro atoms. The van der Waals surface area contributed by atoms with Crippen LogP contribution in [0.2, 0.25) is 0 Å². The molecule has 2 heterocycles. The Hall–Kier alpha value is -3.77. The van der Waals surface area contributed by atoms with Crippen molar-refractivity contribution in [3.63, 3.8) is 0 Å². The Bertz CT molecular complexity index is 1170. The summed E-state index contributed by atoms with van der Waals surface area (Å²) in [6.07, 6.45) is -10.1. The van der Waals surface area contributed by atoms with E-state index in [9.17, 15) is 40.7 Å². The van der Waals surface area contributed by atoms with E-state index < -0.39 is 46.4 Å². The largest absolute Gasteiger partial charge is 0.416 e. The molecular formula is C24H22F6N4O3. The average Bonchev–Trinajstić information content (AvgIpc) is 3.09. The second-order valence-corrected chi connectivity index (χ2v) is 8.99. The van der Waals surface area contributed by atoms with E-state index in [0.29, 0.717) is 17.8 Å². The monoisotopic (exact) mass is 528 g/mol. The number of likely N-dealkylation sites (tertiary alicyclic amines) is 1. The van der Waals surface area contributed by atoms with E-state index >= 15 is 0 Å². The first-order valence-electron chi connectivity index (χ1n) is 11.2. The van der Waals surface area contributed by atoms with Gasteiger partial charge in [0.15, 0.2) is 0 Å². The fourth-order valence-corrected chi connectivity index (χ4v) is 4.85. The Morgan fingerprint density at radius 1 is 0.892 bits per heavy atom. The van der Waals surface area contributed by atoms with Gasteiger partial charge in [0.25, 0.3) is 11.8 Å². The molecule has 0 radical (unpaired) electrons. The first-order chi connectivity index (χ1) is 17.2. The number of primary amides is 1. The Kier molecular flexibility index (Phi) is 6.59. The summed E-state index contributed by atoms with van der Waals surface area (Å²) in [7, 11) is 0. The SMILES string of the molecule is NC(=O)CN1CN(c2ccccc2)C2(CCN(C(=O)c3cc(C(F)(F)F)cc(C(F)(F)F)c3)CC2)C1=O. The van der Waals surface area contributed by atoms with E-state index in [2.05, 4.69) is 0 Å². The molecule has 0 atom stereocenters. The van der Waals surface area contributed by atoms with E-state index in [1.54, 1.807) is 35.2 Å². The lowest BCUT2D eigenvalue weighted by Gasteiger charge is -2.43. The van der Waals surface area contributed by atoms with Crippen LogP contribution in [0.1, 0.15) is 34.3 Å². The number of amides is 3. The highest BCUT2D eigenvalue weighted by Gasteiger charge is 2.54. The normalized spacial score (nSPS) is 18.0. The zero-order chi connectivity index (χ0) is 27.2. The fraction of sp³-hybridized carbons (Fsp3) is 0.375. The Balaban J connectivity index is 1.61. The molecule has 0 aliphatic carbocycles. The Morgan fingerprint density at radius 3 is 1.92 bits per heavy atom. The van der Waals surface area contributed by atoms with Gasteiger partial charge in [0.2, 0.25) is 5.91 Å². The van der Waals surface area contributed by atoms with Gasteiger partial charge in [-0.05, 0) is 43.2 Å². The lowest BCUT2D eigenvalue weighted by Crippen LogP contribution is -2.57. The van der Waals surface area contributed by atoms with E-state index in [4.69, 9.17) is 5.73 Å². The van der Waals surface area contributed by atoms with E-state index in [1.165, 1.54) is 4.90 Å². The number of halogens is 6. The topological polar surface area (TPSA) is 87.0 Å². The van der Waals surface area contributed by atoms with Gasteiger partial charge in [-0.25, -0.2) is 0 Å². The zero-order valence-electron chi connectivity index (χ0n) is 19.3. The van der Waals surface area contributed by atoms with Crippen molar-refractivity contribution in [3.05, 3.63) is 65.2 Å². The summed E-state index contributed by atoms with van der Waals surface area (Å²) >= 11 is 0. The van der Waals surface area contributed by atoms with E-state index in [-0.39, 0.29) is 51.1 Å². The maximum absolute atomic E-state index is 13.4. The molecule has 7 nitrogen and oxygen atoms in total. The quantitative estimate of drug-likeness (QED) is 0.616. The van der Waals surface area contributed by atoms with Gasteiger partial charge in [0, 0.05) is 24.3 Å². The van der Waals surface area contributed by atoms with E-state index in [1.807, 2.05) is 0 Å². The van der Waals surface area contributed by atoms with Crippen molar-refractivity contribution in [2.45, 2.75) is 30.7 Å². The molecule has 2 aromatic carbocycles. The van der Waals surface area contributed by atoms with Crippen LogP contribution in [0, 0.1) is 0 Å². The average molecular weight is 528 g/mol. The third-order valence-corrected chi connectivity index (χ3v) is 6.64. The highest BCUT2D eigenvalue weighted by molar-refractivity contribution is 5.97. The summed E-state index contributed by atoms with van der Waals surface area (Å²) in [6.45, 7) is -0.467. The number of anilines is 1. The minimum absolute atomic E-state index is 0.0375. The summed E-state index contributed by atoms with van der Waals surface area (Å²) < 4.78 is 79.5. The summed E-state index contributed by atoms with van der Waals surface area (Å²) in [6, 6.07) is 9.58. The number of nitrogens with two attached hydrogens (primary N) is 1. The number of hydrogen-bond acceptors (Lipinski definition) is 4. The molecule has 0 bridgehead atoms. The molecule has 3 amide bonds. The van der Waals surface area contributed by atoms with Gasteiger partial charge in [-0.2, -0.15) is 26.3 Å². The van der Waals surface area contributed by atoms with Gasteiger partial charge in [0.05, 0.1) is 17.8 Å². The van der Waals surface area contributed by atoms with Crippen LogP contribution in [0.25, 0.3) is 0 Å². The Morgan fingerprint density at radius 2 is 1.43 bits per heavy atom. The lowest BCUT2D eigenvalue weighted by atomic mass is 9.85. The number of carbonyl (C=O) groups excluding carboxylic acids is 3. The molecular weight excluding hydrogens is 506 g/mol. The highest BCUT2D eigenvalue weighted by atomic mass is 19.4. The summed E-state index contributed by atoms with van der Waals surface area (Å²) in [5, 5.41) is 0. The van der Waals surface area contributed by atoms with Crippen LogP contribution in [0.4, 0.5) is 32.0 Å². The second kappa shape index (κ2) is 9.27. The van der Waals surface area contributed by atoms with Crippen molar-refractivity contribution in [1.29, 1.82) is 0 Å². The first kappa shape index (κ1) is 26.3. The van der Waals surface area contributed by atoms with Crippen LogP contribution in [0.15, 0.2) is 48.5 Å². The molecule has 37 heavy (non-hydrogen) atoms. The van der Waals surface area contributed by atoms with Crippen LogP contribution in [0.5, 0.6) is 0 Å². The predicted molar refractivity (Wildman–Crippen MR) is 119 cm³/mol. The summed E-state index contributed by atoms with van der Waals surface area (Å²) in [5.74, 6) is -2.10. The van der Waals surface area contributed by atoms with Crippen molar-refractivity contribution in [3.8, 4) is 0 Å². The van der Waals surface area contributed by atoms with Gasteiger partial charge in [-0.3, -0.25) is 14.4 Å². The minimum Gasteiger partial charge on any atom is -0.368 e. The summed E-state index contributed by atoms with van der Waals surface area (Å²) in [5.41, 5.74) is 0.899. The Labute approximate surface area is 207 Å². The molecule has 2 N–H and O–H groups in total. The molecule has 2 saturated heterocycles. The third kappa shape index (κ3) is 5.07. The number of benzene rings is 2. The van der Waals surface area contributed by atoms with Crippen molar-refractivity contribution >= 4 is 23.4 Å². The number of alkyl halides is 6. The number of rotatable bonds is 4. The third-order valence-electron chi connectivity index (χ3n) is 6.64. The number of para-hydroxylation sites is 1. The van der Waals surface area contributed by atoms with Gasteiger partial charge in [-0.1, -0.05) is 18.2 Å². The van der Waals surface area contributed by atoms with Crippen molar-refractivity contribution in [2.24, 2.45) is 5.73 Å². The molecule has 4 rings (SSSR count). The molecule has 0 aromatic heterocycles. The lowest BCUT2D eigenvalue weighted by molar-refractivity contribution is -0.143. The molecule has 13 heteroatoms. The van der Waals surface area contributed by atoms with Crippen LogP contribution in [0.3, 0.4) is 0 Å². The van der Waals surface area contributed by atoms with Crippen LogP contribution >= 0.6 is 0 Å². The predicted octanol–water partition coefficient (Wildman–Crippen LogP) is 3.49. The van der Waals surface area contributed by atoms with Gasteiger partial charge < -0.3 is 20.4 Å². The zero-order valence-corrected chi connectivity index (χ0v) is 19.3. The molecule has 2 aliphatic rings. The maximum atomic E-state index is 13.4. The number of nitrogens with zero attached hydrogens (tertiary/aromatic N) is 3. The van der Waals surface area contributed by atoms with Crippen molar-refractivity contribution < 1.29 is 40.7 Å². The van der Waals surface area contributed by atoms with Crippen molar-refractivity contribution in [2.75, 3.05) is 31.2 Å². The molecule has 0 saturated carbocycles. The number of carbonyl (C=O) groups is 3. The molecule has 2 aliphatic heterocycles. The van der Waals surface area contributed by atoms with Crippen LogP contribution in [-0.4, -0.2) is 59.4 Å². The molecule has 2 aromatic rings. The smallest absolute Gasteiger partial charge is 0.368 e. The molecule has 0 unspecified atom stereocenters. The minimum atomic E-state index is -5.08. The second-order valence-electron chi connectivity index (χ2n) is 8.99. The highest BCUT2D eigenvalue weighted by Crippen LogP contribution is 2.40. The van der Waals surface area contributed by atoms with Crippen LogP contribution in [-0.2, 0) is 21.9 Å². The number of hydrogen-bond donors (Lipinski definition) is 1. The van der Waals surface area contributed by atoms with E-state index in [0.717, 1.165) is 4.90 Å². The standard InChI is InChI=1S/C24H22F6N4O3/c25-23(26,27)16-10-15(11-17(12-16)24(28,29)30)20(36)32-8-6-22(7-9-32)21(37)33(13-19(31)35)14-34(22)18-4-2-1-3-5-18/h1-5,10-12H,6-9,13-14H2,(H2,31,35). The number of piperidine rings is 1. The first-order valence-corrected chi connectivity index (χ1v) is 11.2.